The van der Waals surface area contributed by atoms with Crippen LogP contribution in [0.1, 0.15) is 10.4 Å². The fourth-order valence-corrected chi connectivity index (χ4v) is 4.91. The van der Waals surface area contributed by atoms with E-state index in [1.165, 1.54) is 34.6 Å². The van der Waals surface area contributed by atoms with Gasteiger partial charge in [-0.3, -0.25) is 4.79 Å². The number of piperazine rings is 1. The second-order valence-corrected chi connectivity index (χ2v) is 9.01. The number of carbonyl (C=O) groups excluding carboxylic acids is 1. The van der Waals surface area contributed by atoms with Crippen LogP contribution >= 0.6 is 11.6 Å². The molecule has 1 fully saturated rings. The van der Waals surface area contributed by atoms with Crippen LogP contribution in [0.5, 0.6) is 17.2 Å². The highest BCUT2D eigenvalue weighted by Gasteiger charge is 2.31. The van der Waals surface area contributed by atoms with E-state index in [0.29, 0.717) is 30.3 Å². The first-order valence-electron chi connectivity index (χ1n) is 9.04. The van der Waals surface area contributed by atoms with Crippen molar-refractivity contribution in [2.24, 2.45) is 0 Å². The lowest BCUT2D eigenvalue weighted by atomic mass is 10.2. The monoisotopic (exact) mass is 438 g/mol. The van der Waals surface area contributed by atoms with Crippen LogP contribution in [0.2, 0.25) is 5.02 Å². The van der Waals surface area contributed by atoms with Gasteiger partial charge in [0, 0.05) is 37.8 Å². The molecule has 2 aromatic carbocycles. The zero-order valence-electron chi connectivity index (χ0n) is 15.4. The quantitative estimate of drug-likeness (QED) is 0.787. The number of carbonyl (C=O) groups is 1. The van der Waals surface area contributed by atoms with Crippen molar-refractivity contribution < 1.29 is 27.8 Å². The number of rotatable bonds is 3. The van der Waals surface area contributed by atoms with Crippen molar-refractivity contribution in [3.63, 3.8) is 0 Å². The van der Waals surface area contributed by atoms with Crippen molar-refractivity contribution in [3.05, 3.63) is 47.0 Å². The fourth-order valence-electron chi connectivity index (χ4n) is 3.29. The molecule has 0 aromatic heterocycles. The van der Waals surface area contributed by atoms with Gasteiger partial charge in [-0.2, -0.15) is 4.31 Å². The predicted octanol–water partition coefficient (Wildman–Crippen LogP) is 1.96. The summed E-state index contributed by atoms with van der Waals surface area (Å²) in [5, 5.41) is 9.59. The molecule has 0 spiro atoms. The Balaban J connectivity index is 1.46. The third-order valence-electron chi connectivity index (χ3n) is 4.87. The number of halogens is 1. The van der Waals surface area contributed by atoms with Gasteiger partial charge in [0.1, 0.15) is 19.0 Å². The van der Waals surface area contributed by atoms with Crippen molar-refractivity contribution in [2.75, 3.05) is 39.4 Å². The highest BCUT2D eigenvalue weighted by Crippen LogP contribution is 2.33. The molecule has 0 bridgehead atoms. The lowest BCUT2D eigenvalue weighted by Gasteiger charge is -2.34. The molecule has 1 saturated heterocycles. The van der Waals surface area contributed by atoms with Crippen molar-refractivity contribution in [1.82, 2.24) is 9.21 Å². The maximum absolute atomic E-state index is 13.0. The average molecular weight is 439 g/mol. The van der Waals surface area contributed by atoms with E-state index in [-0.39, 0.29) is 47.8 Å². The van der Waals surface area contributed by atoms with Crippen LogP contribution in [-0.4, -0.2) is 68.0 Å². The standard InChI is InChI=1S/C19H19ClN2O6S/c20-15-11-13(1-3-16(15)23)19(24)21-5-7-22(8-6-21)29(25,26)14-2-4-17-18(12-14)28-10-9-27-17/h1-4,11-12,23H,5-10H2. The molecule has 1 amide bonds. The van der Waals surface area contributed by atoms with Crippen molar-refractivity contribution in [2.45, 2.75) is 4.90 Å². The Morgan fingerprint density at radius 2 is 1.66 bits per heavy atom. The van der Waals surface area contributed by atoms with E-state index < -0.39 is 10.0 Å². The summed E-state index contributed by atoms with van der Waals surface area (Å²) in [6, 6.07) is 8.81. The van der Waals surface area contributed by atoms with Gasteiger partial charge >= 0.3 is 0 Å². The molecule has 1 N–H and O–H groups in total. The maximum Gasteiger partial charge on any atom is 0.253 e. The average Bonchev–Trinajstić information content (AvgIpc) is 2.75. The number of hydrogen-bond donors (Lipinski definition) is 1. The minimum atomic E-state index is -3.72. The lowest BCUT2D eigenvalue weighted by molar-refractivity contribution is 0.0698. The van der Waals surface area contributed by atoms with E-state index in [1.807, 2.05) is 0 Å². The normalized spacial score (nSPS) is 17.2. The summed E-state index contributed by atoms with van der Waals surface area (Å²) in [5.41, 5.74) is 0.343. The second kappa shape index (κ2) is 7.74. The molecule has 10 heteroatoms. The number of sulfonamides is 1. The molecular weight excluding hydrogens is 420 g/mol. The SMILES string of the molecule is O=C(c1ccc(O)c(Cl)c1)N1CCN(S(=O)(=O)c2ccc3c(c2)OCCO3)CC1. The largest absolute Gasteiger partial charge is 0.506 e. The Hall–Kier alpha value is -2.49. The number of benzene rings is 2. The molecular formula is C19H19ClN2O6S. The van der Waals surface area contributed by atoms with E-state index in [2.05, 4.69) is 0 Å². The smallest absolute Gasteiger partial charge is 0.253 e. The number of ether oxygens (including phenoxy) is 2. The van der Waals surface area contributed by atoms with Gasteiger partial charge in [-0.1, -0.05) is 11.6 Å². The summed E-state index contributed by atoms with van der Waals surface area (Å²) in [5.74, 6) is 0.579. The third-order valence-corrected chi connectivity index (χ3v) is 7.07. The van der Waals surface area contributed by atoms with Gasteiger partial charge in [-0.25, -0.2) is 8.42 Å². The van der Waals surface area contributed by atoms with Gasteiger partial charge < -0.3 is 19.5 Å². The number of hydrogen-bond acceptors (Lipinski definition) is 6. The molecule has 0 radical (unpaired) electrons. The maximum atomic E-state index is 13.0. The highest BCUT2D eigenvalue weighted by molar-refractivity contribution is 7.89. The lowest BCUT2D eigenvalue weighted by Crippen LogP contribution is -2.50. The second-order valence-electron chi connectivity index (χ2n) is 6.67. The van der Waals surface area contributed by atoms with Crippen molar-refractivity contribution in [3.8, 4) is 17.2 Å². The van der Waals surface area contributed by atoms with Gasteiger partial charge in [0.05, 0.1) is 9.92 Å². The van der Waals surface area contributed by atoms with E-state index >= 15 is 0 Å². The molecule has 8 nitrogen and oxygen atoms in total. The topological polar surface area (TPSA) is 96.4 Å². The van der Waals surface area contributed by atoms with E-state index in [9.17, 15) is 18.3 Å². The predicted molar refractivity (Wildman–Crippen MR) is 105 cm³/mol. The molecule has 0 saturated carbocycles. The van der Waals surface area contributed by atoms with Crippen LogP contribution in [0, 0.1) is 0 Å². The Morgan fingerprint density at radius 3 is 2.34 bits per heavy atom. The van der Waals surface area contributed by atoms with Crippen LogP contribution < -0.4 is 9.47 Å². The molecule has 2 heterocycles. The van der Waals surface area contributed by atoms with Crippen molar-refractivity contribution >= 4 is 27.5 Å². The Morgan fingerprint density at radius 1 is 0.966 bits per heavy atom. The fraction of sp³-hybridized carbons (Fsp3) is 0.316. The van der Waals surface area contributed by atoms with Crippen LogP contribution in [0.3, 0.4) is 0 Å². The van der Waals surface area contributed by atoms with Crippen LogP contribution in [-0.2, 0) is 10.0 Å². The zero-order valence-corrected chi connectivity index (χ0v) is 16.9. The summed E-state index contributed by atoms with van der Waals surface area (Å²) < 4.78 is 38.2. The van der Waals surface area contributed by atoms with Gasteiger partial charge in [0.15, 0.2) is 11.5 Å². The number of nitrogens with zero attached hydrogens (tertiary/aromatic N) is 2. The molecule has 0 aliphatic carbocycles. The number of fused-ring (bicyclic) bond motifs is 1. The number of phenolic OH excluding ortho intramolecular Hbond substituents is 1. The summed E-state index contributed by atoms with van der Waals surface area (Å²) in [6.07, 6.45) is 0. The van der Waals surface area contributed by atoms with E-state index in [1.54, 1.807) is 11.0 Å². The molecule has 4 rings (SSSR count). The van der Waals surface area contributed by atoms with Crippen molar-refractivity contribution in [1.29, 1.82) is 0 Å². The summed E-state index contributed by atoms with van der Waals surface area (Å²) >= 11 is 5.87. The minimum absolute atomic E-state index is 0.0932. The van der Waals surface area contributed by atoms with Gasteiger partial charge in [0.25, 0.3) is 5.91 Å². The molecule has 2 aliphatic heterocycles. The van der Waals surface area contributed by atoms with Gasteiger partial charge in [0.2, 0.25) is 10.0 Å². The number of amides is 1. The number of phenols is 1. The van der Waals surface area contributed by atoms with Crippen LogP contribution in [0.25, 0.3) is 0 Å². The van der Waals surface area contributed by atoms with Gasteiger partial charge in [-0.05, 0) is 30.3 Å². The Bertz CT molecular complexity index is 1050. The van der Waals surface area contributed by atoms with Crippen LogP contribution in [0.15, 0.2) is 41.3 Å². The first kappa shape index (κ1) is 19.8. The Labute approximate surface area is 173 Å². The highest BCUT2D eigenvalue weighted by atomic mass is 35.5. The van der Waals surface area contributed by atoms with E-state index in [4.69, 9.17) is 21.1 Å². The third kappa shape index (κ3) is 3.85. The zero-order chi connectivity index (χ0) is 20.6. The molecule has 154 valence electrons. The summed E-state index contributed by atoms with van der Waals surface area (Å²) in [4.78, 5) is 14.3. The molecule has 0 unspecified atom stereocenters. The first-order valence-corrected chi connectivity index (χ1v) is 10.9. The first-order chi connectivity index (χ1) is 13.9. The van der Waals surface area contributed by atoms with Gasteiger partial charge in [-0.15, -0.1) is 0 Å². The van der Waals surface area contributed by atoms with Crippen LogP contribution in [0.4, 0.5) is 0 Å². The molecule has 0 atom stereocenters. The summed E-state index contributed by atoms with van der Waals surface area (Å²) in [6.45, 7) is 1.66. The minimum Gasteiger partial charge on any atom is -0.506 e. The summed E-state index contributed by atoms with van der Waals surface area (Å²) in [7, 11) is -3.72. The molecule has 29 heavy (non-hydrogen) atoms. The molecule has 2 aliphatic rings. The molecule has 2 aromatic rings. The van der Waals surface area contributed by atoms with E-state index in [0.717, 1.165) is 0 Å². The Kier molecular flexibility index (Phi) is 5.28. The number of aromatic hydroxyl groups is 1.